The fourth-order valence-corrected chi connectivity index (χ4v) is 4.19. The molecule has 1 atom stereocenters. The van der Waals surface area contributed by atoms with Crippen molar-refractivity contribution in [2.24, 2.45) is 0 Å². The molecule has 2 heterocycles. The molecular formula is C14H19N3O2S. The van der Waals surface area contributed by atoms with Gasteiger partial charge in [0.2, 0.25) is 11.8 Å². The third-order valence-electron chi connectivity index (χ3n) is 4.32. The molecule has 3 rings (SSSR count). The number of carbonyl (C=O) groups is 2. The summed E-state index contributed by atoms with van der Waals surface area (Å²) in [6.45, 7) is 2.19. The first kappa shape index (κ1) is 13.5. The molecule has 1 spiro atoms. The summed E-state index contributed by atoms with van der Waals surface area (Å²) < 4.78 is 0. The van der Waals surface area contributed by atoms with Crippen LogP contribution >= 0.6 is 11.3 Å². The molecule has 1 aliphatic heterocycles. The highest BCUT2D eigenvalue weighted by atomic mass is 32.1. The van der Waals surface area contributed by atoms with Crippen LogP contribution in [0, 0.1) is 0 Å². The number of hydrogen-bond acceptors (Lipinski definition) is 4. The molecule has 2 aliphatic rings. The molecule has 1 unspecified atom stereocenters. The smallest absolute Gasteiger partial charge is 0.249 e. The zero-order valence-corrected chi connectivity index (χ0v) is 12.4. The second kappa shape index (κ2) is 5.16. The summed E-state index contributed by atoms with van der Waals surface area (Å²) in [5.41, 5.74) is -0.639. The highest BCUT2D eigenvalue weighted by molar-refractivity contribution is 7.09. The van der Waals surface area contributed by atoms with Crippen LogP contribution in [0.3, 0.4) is 0 Å². The highest BCUT2D eigenvalue weighted by Crippen LogP contribution is 2.37. The van der Waals surface area contributed by atoms with Crippen molar-refractivity contribution in [3.63, 3.8) is 0 Å². The molecule has 0 aromatic carbocycles. The Morgan fingerprint density at radius 2 is 2.20 bits per heavy atom. The van der Waals surface area contributed by atoms with Crippen molar-refractivity contribution in [2.45, 2.75) is 50.6 Å². The van der Waals surface area contributed by atoms with Gasteiger partial charge in [-0.2, -0.15) is 0 Å². The zero-order valence-electron chi connectivity index (χ0n) is 11.6. The van der Waals surface area contributed by atoms with Gasteiger partial charge in [0.25, 0.3) is 0 Å². The molecule has 5 nitrogen and oxygen atoms in total. The van der Waals surface area contributed by atoms with Gasteiger partial charge in [-0.05, 0) is 19.3 Å². The molecule has 2 amide bonds. The van der Waals surface area contributed by atoms with Crippen LogP contribution in [0.1, 0.15) is 50.1 Å². The topological polar surface area (TPSA) is 62.3 Å². The lowest BCUT2D eigenvalue weighted by Gasteiger charge is -2.42. The highest BCUT2D eigenvalue weighted by Gasteiger charge is 2.49. The molecule has 0 bridgehead atoms. The van der Waals surface area contributed by atoms with Crippen LogP contribution in [0.25, 0.3) is 0 Å². The van der Waals surface area contributed by atoms with Crippen LogP contribution in [-0.2, 0) is 9.59 Å². The minimum atomic E-state index is -0.639. The molecule has 1 saturated carbocycles. The number of amides is 2. The first-order valence-corrected chi connectivity index (χ1v) is 8.06. The van der Waals surface area contributed by atoms with E-state index in [0.717, 1.165) is 37.1 Å². The third kappa shape index (κ3) is 2.12. The maximum absolute atomic E-state index is 12.9. The lowest BCUT2D eigenvalue weighted by atomic mass is 9.92. The van der Waals surface area contributed by atoms with Gasteiger partial charge in [-0.1, -0.05) is 19.8 Å². The van der Waals surface area contributed by atoms with E-state index in [9.17, 15) is 9.59 Å². The molecule has 108 valence electrons. The zero-order chi connectivity index (χ0) is 14.2. The second-order valence-corrected chi connectivity index (χ2v) is 6.49. The van der Waals surface area contributed by atoms with E-state index in [0.29, 0.717) is 0 Å². The molecule has 20 heavy (non-hydrogen) atoms. The Labute approximate surface area is 122 Å². The quantitative estimate of drug-likeness (QED) is 0.925. The van der Waals surface area contributed by atoms with Gasteiger partial charge in [-0.3, -0.25) is 9.59 Å². The number of thiazole rings is 1. The van der Waals surface area contributed by atoms with Crippen molar-refractivity contribution >= 4 is 23.2 Å². The molecule has 6 heteroatoms. The monoisotopic (exact) mass is 293 g/mol. The first-order valence-electron chi connectivity index (χ1n) is 7.18. The summed E-state index contributed by atoms with van der Waals surface area (Å²) in [5, 5.41) is 5.78. The predicted octanol–water partition coefficient (Wildman–Crippen LogP) is 1.87. The number of aromatic nitrogens is 1. The fourth-order valence-electron chi connectivity index (χ4n) is 3.36. The van der Waals surface area contributed by atoms with Gasteiger partial charge < -0.3 is 10.2 Å². The molecule has 1 aliphatic carbocycles. The number of carbonyl (C=O) groups excluding carboxylic acids is 2. The number of piperazine rings is 1. The lowest BCUT2D eigenvalue weighted by molar-refractivity contribution is -0.152. The Balaban J connectivity index is 1.91. The Morgan fingerprint density at radius 1 is 1.45 bits per heavy atom. The molecule has 2 fully saturated rings. The minimum absolute atomic E-state index is 0.0403. The average molecular weight is 293 g/mol. The van der Waals surface area contributed by atoms with Crippen LogP contribution in [0.2, 0.25) is 0 Å². The summed E-state index contributed by atoms with van der Waals surface area (Å²) in [5.74, 6) is 0.0400. The summed E-state index contributed by atoms with van der Waals surface area (Å²) >= 11 is 1.55. The van der Waals surface area contributed by atoms with Crippen molar-refractivity contribution in [3.05, 3.63) is 16.6 Å². The van der Waals surface area contributed by atoms with E-state index in [1.807, 2.05) is 12.3 Å². The van der Waals surface area contributed by atoms with Crippen LogP contribution < -0.4 is 5.32 Å². The molecule has 0 radical (unpaired) electrons. The summed E-state index contributed by atoms with van der Waals surface area (Å²) in [6, 6.07) is -0.0778. The van der Waals surface area contributed by atoms with Crippen molar-refractivity contribution in [1.82, 2.24) is 15.2 Å². The largest absolute Gasteiger partial charge is 0.340 e. The fraction of sp³-hybridized carbons (Fsp3) is 0.643. The normalized spacial score (nSPS) is 23.1. The van der Waals surface area contributed by atoms with Crippen LogP contribution in [0.4, 0.5) is 0 Å². The predicted molar refractivity (Wildman–Crippen MR) is 76.2 cm³/mol. The first-order chi connectivity index (χ1) is 9.66. The third-order valence-corrected chi connectivity index (χ3v) is 5.20. The van der Waals surface area contributed by atoms with E-state index in [1.165, 1.54) is 0 Å². The second-order valence-electron chi connectivity index (χ2n) is 5.56. The molecule has 1 aromatic heterocycles. The number of rotatable bonds is 3. The molecular weight excluding hydrogens is 274 g/mol. The van der Waals surface area contributed by atoms with Gasteiger partial charge in [0.1, 0.15) is 17.1 Å². The maximum Gasteiger partial charge on any atom is 0.249 e. The Kier molecular flexibility index (Phi) is 3.50. The Morgan fingerprint density at radius 3 is 2.80 bits per heavy atom. The molecule has 1 aromatic rings. The maximum atomic E-state index is 12.9. The number of nitrogens with zero attached hydrogens (tertiary/aromatic N) is 2. The van der Waals surface area contributed by atoms with Crippen LogP contribution in [-0.4, -0.2) is 33.8 Å². The summed E-state index contributed by atoms with van der Waals surface area (Å²) in [6.07, 6.45) is 6.08. The van der Waals surface area contributed by atoms with Crippen molar-refractivity contribution < 1.29 is 9.59 Å². The number of hydrogen-bond donors (Lipinski definition) is 1. The van der Waals surface area contributed by atoms with Gasteiger partial charge in [0, 0.05) is 11.6 Å². The SMILES string of the molecule is CCC(c1nccs1)N1CC(=O)NC2(CCCC2)C1=O. The Hall–Kier alpha value is -1.43. The van der Waals surface area contributed by atoms with Crippen molar-refractivity contribution in [3.8, 4) is 0 Å². The lowest BCUT2D eigenvalue weighted by Crippen LogP contribution is -2.65. The van der Waals surface area contributed by atoms with Gasteiger partial charge in [0.15, 0.2) is 0 Å². The van der Waals surface area contributed by atoms with E-state index >= 15 is 0 Å². The molecule has 1 saturated heterocycles. The number of nitrogens with one attached hydrogen (secondary N) is 1. The van der Waals surface area contributed by atoms with Gasteiger partial charge in [0.05, 0.1) is 6.04 Å². The van der Waals surface area contributed by atoms with E-state index in [-0.39, 0.29) is 24.4 Å². The van der Waals surface area contributed by atoms with E-state index < -0.39 is 5.54 Å². The van der Waals surface area contributed by atoms with E-state index in [2.05, 4.69) is 10.3 Å². The average Bonchev–Trinajstić information content (AvgIpc) is 3.08. The molecule has 1 N–H and O–H groups in total. The Bertz CT molecular complexity index is 508. The van der Waals surface area contributed by atoms with Crippen molar-refractivity contribution in [1.29, 1.82) is 0 Å². The standard InChI is InChI=1S/C14H19N3O2S/c1-2-10(12-15-7-8-20-12)17-9-11(18)16-14(13(17)19)5-3-4-6-14/h7-8,10H,2-6,9H2,1H3,(H,16,18). The summed E-state index contributed by atoms with van der Waals surface area (Å²) in [7, 11) is 0. The summed E-state index contributed by atoms with van der Waals surface area (Å²) in [4.78, 5) is 31.0. The van der Waals surface area contributed by atoms with Gasteiger partial charge in [-0.15, -0.1) is 11.3 Å². The van der Waals surface area contributed by atoms with Crippen LogP contribution in [0.5, 0.6) is 0 Å². The minimum Gasteiger partial charge on any atom is -0.340 e. The van der Waals surface area contributed by atoms with E-state index in [1.54, 1.807) is 22.4 Å². The van der Waals surface area contributed by atoms with Crippen LogP contribution in [0.15, 0.2) is 11.6 Å². The van der Waals surface area contributed by atoms with Gasteiger partial charge >= 0.3 is 0 Å². The van der Waals surface area contributed by atoms with Crippen molar-refractivity contribution in [2.75, 3.05) is 6.54 Å². The van der Waals surface area contributed by atoms with Gasteiger partial charge in [-0.25, -0.2) is 4.98 Å². The van der Waals surface area contributed by atoms with E-state index in [4.69, 9.17) is 0 Å².